The van der Waals surface area contributed by atoms with Gasteiger partial charge in [0.05, 0.1) is 6.42 Å². The molecule has 3 aromatic rings. The Balaban J connectivity index is 1.98. The first-order chi connectivity index (χ1) is 12.3. The van der Waals surface area contributed by atoms with Crippen molar-refractivity contribution in [3.05, 3.63) is 65.9 Å². The number of nitrogens with two attached hydrogens (primary N) is 1. The van der Waals surface area contributed by atoms with Gasteiger partial charge in [0.15, 0.2) is 0 Å². The Kier molecular flexibility index (Phi) is 5.13. The topological polar surface area (TPSA) is 120 Å². The number of nitrogens with zero attached hydrogens (tertiary/aromatic N) is 1. The second kappa shape index (κ2) is 7.33. The van der Waals surface area contributed by atoms with E-state index in [2.05, 4.69) is 0 Å². The largest absolute Gasteiger partial charge is 0.808 e. The van der Waals surface area contributed by atoms with E-state index in [1.165, 1.54) is 0 Å². The van der Waals surface area contributed by atoms with E-state index in [-0.39, 0.29) is 12.2 Å². The van der Waals surface area contributed by atoms with Crippen LogP contribution in [0.5, 0.6) is 5.75 Å². The van der Waals surface area contributed by atoms with Gasteiger partial charge in [-0.15, -0.1) is 0 Å². The van der Waals surface area contributed by atoms with Gasteiger partial charge in [0.1, 0.15) is 12.1 Å². The molecule has 0 radical (unpaired) electrons. The molecule has 2 aromatic carbocycles. The molecule has 2 N–H and O–H groups in total. The maximum Gasteiger partial charge on any atom is 0.221 e. The number of primary amides is 1. The number of ether oxygens (including phenoxy) is 1. The lowest BCUT2D eigenvalue weighted by molar-refractivity contribution is -0.316. The molecule has 3 rings (SSSR count). The Bertz CT molecular complexity index is 978. The smallest absolute Gasteiger partial charge is 0.221 e. The van der Waals surface area contributed by atoms with Crippen LogP contribution >= 0.6 is 7.60 Å². The molecular weight excluding hydrogens is 355 g/mol. The van der Waals surface area contributed by atoms with E-state index in [0.717, 1.165) is 16.5 Å². The van der Waals surface area contributed by atoms with Crippen LogP contribution in [-0.4, -0.2) is 16.8 Å². The predicted molar refractivity (Wildman–Crippen MR) is 93.5 cm³/mol. The standard InChI is InChI=1S/C18H19N2O5P/c19-18(21)8-14-11-20(10-13-4-2-1-3-5-13)17-7-6-15(9-16(14)17)25-12-26(22,23)24/h1-7,9,11H,8,10,12H2,(H2,19,21)(H2,22,23,24)/p-2. The zero-order chi connectivity index (χ0) is 18.7. The molecule has 0 atom stereocenters. The van der Waals surface area contributed by atoms with Crippen LogP contribution in [0.2, 0.25) is 0 Å². The number of amides is 1. The summed E-state index contributed by atoms with van der Waals surface area (Å²) in [5.74, 6) is -0.230. The van der Waals surface area contributed by atoms with Crippen LogP contribution in [0.3, 0.4) is 0 Å². The van der Waals surface area contributed by atoms with Crippen molar-refractivity contribution in [2.45, 2.75) is 13.0 Å². The molecule has 7 nitrogen and oxygen atoms in total. The summed E-state index contributed by atoms with van der Waals surface area (Å²) in [6, 6.07) is 14.8. The van der Waals surface area contributed by atoms with Crippen LogP contribution in [0.25, 0.3) is 10.9 Å². The van der Waals surface area contributed by atoms with E-state index in [1.807, 2.05) is 41.1 Å². The maximum absolute atomic E-state index is 11.4. The number of carbonyl (C=O) groups excluding carboxylic acids is 1. The van der Waals surface area contributed by atoms with Gasteiger partial charge in [-0.25, -0.2) is 0 Å². The first kappa shape index (κ1) is 18.2. The second-order valence-electron chi connectivity index (χ2n) is 5.97. The fourth-order valence-electron chi connectivity index (χ4n) is 2.83. The SMILES string of the molecule is NC(=O)Cc1cn(Cc2ccccc2)c2ccc(OCP(=O)([O-])[O-])cc12. The molecule has 1 amide bonds. The van der Waals surface area contributed by atoms with Crippen molar-refractivity contribution in [3.8, 4) is 5.75 Å². The van der Waals surface area contributed by atoms with Crippen molar-refractivity contribution in [1.29, 1.82) is 0 Å². The highest BCUT2D eigenvalue weighted by atomic mass is 31.2. The van der Waals surface area contributed by atoms with E-state index < -0.39 is 19.9 Å². The van der Waals surface area contributed by atoms with E-state index in [4.69, 9.17) is 10.5 Å². The van der Waals surface area contributed by atoms with E-state index in [9.17, 15) is 19.1 Å². The van der Waals surface area contributed by atoms with Crippen molar-refractivity contribution < 1.29 is 23.9 Å². The van der Waals surface area contributed by atoms with Gasteiger partial charge in [0, 0.05) is 23.6 Å². The third-order valence-electron chi connectivity index (χ3n) is 3.88. The third-order valence-corrected chi connectivity index (χ3v) is 4.33. The Morgan fingerprint density at radius 2 is 1.88 bits per heavy atom. The van der Waals surface area contributed by atoms with E-state index in [1.54, 1.807) is 18.2 Å². The highest BCUT2D eigenvalue weighted by molar-refractivity contribution is 7.48. The van der Waals surface area contributed by atoms with Crippen molar-refractivity contribution in [1.82, 2.24) is 4.57 Å². The van der Waals surface area contributed by atoms with Gasteiger partial charge in [0.2, 0.25) is 5.91 Å². The van der Waals surface area contributed by atoms with Gasteiger partial charge in [-0.05, 0) is 36.9 Å². The molecule has 0 saturated heterocycles. The fourth-order valence-corrected chi connectivity index (χ4v) is 3.14. The zero-order valence-electron chi connectivity index (χ0n) is 13.8. The van der Waals surface area contributed by atoms with Crippen LogP contribution in [-0.2, 0) is 22.3 Å². The van der Waals surface area contributed by atoms with Crippen LogP contribution in [0, 0.1) is 0 Å². The molecule has 0 saturated carbocycles. The van der Waals surface area contributed by atoms with Crippen LogP contribution in [0.1, 0.15) is 11.1 Å². The number of rotatable bonds is 7. The average Bonchev–Trinajstić information content (AvgIpc) is 2.90. The number of aromatic nitrogens is 1. The second-order valence-corrected chi connectivity index (χ2v) is 7.45. The molecule has 8 heteroatoms. The fraction of sp³-hybridized carbons (Fsp3) is 0.167. The normalized spacial score (nSPS) is 11.6. The first-order valence-electron chi connectivity index (χ1n) is 7.90. The molecule has 0 aliphatic rings. The molecule has 0 unspecified atom stereocenters. The Labute approximate surface area is 150 Å². The van der Waals surface area contributed by atoms with Gasteiger partial charge in [-0.3, -0.25) is 4.79 Å². The summed E-state index contributed by atoms with van der Waals surface area (Å²) >= 11 is 0. The van der Waals surface area contributed by atoms with Crippen molar-refractivity contribution in [2.24, 2.45) is 5.73 Å². The highest BCUT2D eigenvalue weighted by Gasteiger charge is 2.12. The summed E-state index contributed by atoms with van der Waals surface area (Å²) in [5.41, 5.74) is 7.99. The lowest BCUT2D eigenvalue weighted by atomic mass is 10.1. The van der Waals surface area contributed by atoms with Crippen LogP contribution in [0.4, 0.5) is 0 Å². The van der Waals surface area contributed by atoms with Gasteiger partial charge < -0.3 is 29.4 Å². The third kappa shape index (κ3) is 4.52. The molecule has 0 aliphatic heterocycles. The van der Waals surface area contributed by atoms with Crippen LogP contribution < -0.4 is 20.3 Å². The minimum Gasteiger partial charge on any atom is -0.808 e. The number of benzene rings is 2. The molecule has 0 fully saturated rings. The minimum absolute atomic E-state index is 0.0450. The van der Waals surface area contributed by atoms with Crippen LogP contribution in [0.15, 0.2) is 54.7 Å². The number of hydrogen-bond acceptors (Lipinski definition) is 5. The summed E-state index contributed by atoms with van der Waals surface area (Å²) in [5, 5.41) is 0.726. The molecule has 0 spiro atoms. The molecule has 136 valence electrons. The van der Waals surface area contributed by atoms with Gasteiger partial charge in [-0.1, -0.05) is 30.3 Å². The average molecular weight is 372 g/mol. The van der Waals surface area contributed by atoms with Crippen molar-refractivity contribution in [2.75, 3.05) is 6.35 Å². The van der Waals surface area contributed by atoms with E-state index >= 15 is 0 Å². The number of hydrogen-bond donors (Lipinski definition) is 1. The molecular formula is C18H17N2O5P-2. The number of carbonyl (C=O) groups is 1. The monoisotopic (exact) mass is 372 g/mol. The summed E-state index contributed by atoms with van der Waals surface area (Å²) in [6.45, 7) is 0.604. The number of fused-ring (bicyclic) bond motifs is 1. The predicted octanol–water partition coefficient (Wildman–Crippen LogP) is 0.967. The molecule has 1 aromatic heterocycles. The summed E-state index contributed by atoms with van der Waals surface area (Å²) in [7, 11) is -4.77. The Morgan fingerprint density at radius 1 is 1.15 bits per heavy atom. The molecule has 0 aliphatic carbocycles. The highest BCUT2D eigenvalue weighted by Crippen LogP contribution is 2.30. The Morgan fingerprint density at radius 3 is 2.54 bits per heavy atom. The zero-order valence-corrected chi connectivity index (χ0v) is 14.7. The maximum atomic E-state index is 11.4. The summed E-state index contributed by atoms with van der Waals surface area (Å²) in [6.07, 6.45) is 0.968. The minimum atomic E-state index is -4.77. The van der Waals surface area contributed by atoms with Crippen molar-refractivity contribution in [3.63, 3.8) is 0 Å². The lowest BCUT2D eigenvalue weighted by Crippen LogP contribution is -2.19. The molecule has 26 heavy (non-hydrogen) atoms. The molecule has 1 heterocycles. The lowest BCUT2D eigenvalue weighted by Gasteiger charge is -2.28. The van der Waals surface area contributed by atoms with Gasteiger partial charge >= 0.3 is 0 Å². The van der Waals surface area contributed by atoms with Gasteiger partial charge in [0.25, 0.3) is 0 Å². The molecule has 0 bridgehead atoms. The Hall–Kier alpha value is -2.60. The van der Waals surface area contributed by atoms with E-state index in [0.29, 0.717) is 12.1 Å². The van der Waals surface area contributed by atoms with Gasteiger partial charge in [-0.2, -0.15) is 0 Å². The summed E-state index contributed by atoms with van der Waals surface area (Å²) in [4.78, 5) is 32.9. The van der Waals surface area contributed by atoms with Crippen molar-refractivity contribution >= 4 is 24.4 Å². The summed E-state index contributed by atoms with van der Waals surface area (Å²) < 4.78 is 17.8. The first-order valence-corrected chi connectivity index (χ1v) is 9.62. The quantitative estimate of drug-likeness (QED) is 0.620.